The second kappa shape index (κ2) is 5.57. The lowest BCUT2D eigenvalue weighted by Gasteiger charge is -2.36. The molecule has 1 amide bonds. The fourth-order valence-corrected chi connectivity index (χ4v) is 2.36. The Labute approximate surface area is 114 Å². The predicted molar refractivity (Wildman–Crippen MR) is 76.7 cm³/mol. The van der Waals surface area contributed by atoms with E-state index in [0.717, 1.165) is 24.9 Å². The molecule has 1 unspecified atom stereocenters. The van der Waals surface area contributed by atoms with Crippen molar-refractivity contribution in [2.75, 3.05) is 13.1 Å². The number of rotatable bonds is 2. The minimum Gasteiger partial charge on any atom is -0.388 e. The first kappa shape index (κ1) is 13.8. The van der Waals surface area contributed by atoms with Crippen LogP contribution >= 0.6 is 0 Å². The van der Waals surface area contributed by atoms with E-state index in [4.69, 9.17) is 0 Å². The minimum atomic E-state index is -0.744. The van der Waals surface area contributed by atoms with Crippen LogP contribution in [0.2, 0.25) is 0 Å². The second-order valence-electron chi connectivity index (χ2n) is 5.60. The maximum Gasteiger partial charge on any atom is 0.246 e. The van der Waals surface area contributed by atoms with Crippen molar-refractivity contribution in [2.45, 2.75) is 32.3 Å². The predicted octanol–water partition coefficient (Wildman–Crippen LogP) is 2.38. The number of aryl methyl sites for hydroxylation is 1. The summed E-state index contributed by atoms with van der Waals surface area (Å²) in [7, 11) is 0. The van der Waals surface area contributed by atoms with Crippen molar-refractivity contribution in [1.82, 2.24) is 4.90 Å². The monoisotopic (exact) mass is 259 g/mol. The summed E-state index contributed by atoms with van der Waals surface area (Å²) in [6, 6.07) is 8.03. The molecule has 1 aromatic carbocycles. The lowest BCUT2D eigenvalue weighted by molar-refractivity contribution is -0.132. The Morgan fingerprint density at radius 3 is 2.68 bits per heavy atom. The number of likely N-dealkylation sites (tertiary alicyclic amines) is 1. The number of hydrogen-bond donors (Lipinski definition) is 1. The minimum absolute atomic E-state index is 0.0273. The number of nitrogens with zero attached hydrogens (tertiary/aromatic N) is 1. The molecule has 1 N–H and O–H groups in total. The van der Waals surface area contributed by atoms with Crippen molar-refractivity contribution < 1.29 is 9.90 Å². The molecular formula is C16H21NO2. The Morgan fingerprint density at radius 1 is 1.37 bits per heavy atom. The topological polar surface area (TPSA) is 40.5 Å². The van der Waals surface area contributed by atoms with Crippen LogP contribution in [0.1, 0.15) is 30.9 Å². The van der Waals surface area contributed by atoms with Gasteiger partial charge in [0.05, 0.1) is 5.60 Å². The first-order chi connectivity index (χ1) is 8.96. The number of carbonyl (C=O) groups excluding carboxylic acids is 1. The number of carbonyl (C=O) groups is 1. The van der Waals surface area contributed by atoms with E-state index in [2.05, 4.69) is 0 Å². The Bertz CT molecular complexity index is 474. The number of β-amino-alcohol motifs (C(OH)–C–C–N with tert-alkyl or cyclic N) is 1. The smallest absolute Gasteiger partial charge is 0.246 e. The van der Waals surface area contributed by atoms with Crippen molar-refractivity contribution >= 4 is 12.0 Å². The van der Waals surface area contributed by atoms with E-state index in [-0.39, 0.29) is 5.91 Å². The van der Waals surface area contributed by atoms with Gasteiger partial charge in [0.15, 0.2) is 0 Å². The number of aliphatic hydroxyl groups is 1. The Morgan fingerprint density at radius 2 is 2.05 bits per heavy atom. The van der Waals surface area contributed by atoms with Crippen molar-refractivity contribution in [3.8, 4) is 0 Å². The van der Waals surface area contributed by atoms with Crippen LogP contribution in [-0.2, 0) is 4.79 Å². The molecule has 102 valence electrons. The van der Waals surface area contributed by atoms with Crippen molar-refractivity contribution in [3.05, 3.63) is 41.5 Å². The average Bonchev–Trinajstić information content (AvgIpc) is 2.36. The van der Waals surface area contributed by atoms with E-state index in [1.54, 1.807) is 17.9 Å². The highest BCUT2D eigenvalue weighted by Gasteiger charge is 2.29. The Balaban J connectivity index is 1.98. The third-order valence-electron chi connectivity index (χ3n) is 3.48. The molecule has 1 aliphatic heterocycles. The van der Waals surface area contributed by atoms with Crippen molar-refractivity contribution in [2.24, 2.45) is 0 Å². The lowest BCUT2D eigenvalue weighted by Crippen LogP contribution is -2.48. The van der Waals surface area contributed by atoms with Crippen LogP contribution in [0.4, 0.5) is 0 Å². The number of piperidine rings is 1. The van der Waals surface area contributed by atoms with Crippen LogP contribution in [0.5, 0.6) is 0 Å². The van der Waals surface area contributed by atoms with Gasteiger partial charge in [0.1, 0.15) is 0 Å². The molecular weight excluding hydrogens is 238 g/mol. The summed E-state index contributed by atoms with van der Waals surface area (Å²) < 4.78 is 0. The van der Waals surface area contributed by atoms with E-state index in [0.29, 0.717) is 6.54 Å². The molecule has 0 bridgehead atoms. The Kier molecular flexibility index (Phi) is 4.05. The van der Waals surface area contributed by atoms with Gasteiger partial charge < -0.3 is 10.0 Å². The van der Waals surface area contributed by atoms with E-state index in [1.807, 2.05) is 37.3 Å². The molecule has 2 rings (SSSR count). The summed E-state index contributed by atoms with van der Waals surface area (Å²) >= 11 is 0. The third-order valence-corrected chi connectivity index (χ3v) is 3.48. The van der Waals surface area contributed by atoms with Gasteiger partial charge in [0.2, 0.25) is 5.91 Å². The van der Waals surface area contributed by atoms with Crippen LogP contribution in [-0.4, -0.2) is 34.6 Å². The highest BCUT2D eigenvalue weighted by Crippen LogP contribution is 2.20. The molecule has 0 spiro atoms. The largest absolute Gasteiger partial charge is 0.388 e. The second-order valence-corrected chi connectivity index (χ2v) is 5.60. The molecule has 3 nitrogen and oxygen atoms in total. The molecule has 1 atom stereocenters. The highest BCUT2D eigenvalue weighted by molar-refractivity contribution is 5.91. The molecule has 1 aromatic rings. The standard InChI is InChI=1S/C16H21NO2/c1-13-4-6-14(7-5-13)8-9-15(18)17-11-3-10-16(2,19)12-17/h4-9,19H,3,10-12H2,1-2H3/b9-8+. The van der Waals surface area contributed by atoms with E-state index in [1.165, 1.54) is 5.56 Å². The van der Waals surface area contributed by atoms with Gasteiger partial charge in [-0.15, -0.1) is 0 Å². The van der Waals surface area contributed by atoms with Crippen LogP contribution in [0.25, 0.3) is 6.08 Å². The van der Waals surface area contributed by atoms with E-state index < -0.39 is 5.60 Å². The first-order valence-electron chi connectivity index (χ1n) is 6.72. The summed E-state index contributed by atoms with van der Waals surface area (Å²) in [5, 5.41) is 9.99. The fourth-order valence-electron chi connectivity index (χ4n) is 2.36. The molecule has 1 heterocycles. The summed E-state index contributed by atoms with van der Waals surface area (Å²) in [5.41, 5.74) is 1.48. The van der Waals surface area contributed by atoms with Crippen LogP contribution in [0.3, 0.4) is 0 Å². The zero-order chi connectivity index (χ0) is 13.9. The number of amides is 1. The van der Waals surface area contributed by atoms with Gasteiger partial charge >= 0.3 is 0 Å². The van der Waals surface area contributed by atoms with Gasteiger partial charge in [0.25, 0.3) is 0 Å². The molecule has 3 heteroatoms. The number of hydrogen-bond acceptors (Lipinski definition) is 2. The highest BCUT2D eigenvalue weighted by atomic mass is 16.3. The maximum absolute atomic E-state index is 12.1. The third kappa shape index (κ3) is 3.93. The summed E-state index contributed by atoms with van der Waals surface area (Å²) in [6.07, 6.45) is 5.03. The number of benzene rings is 1. The van der Waals surface area contributed by atoms with E-state index in [9.17, 15) is 9.90 Å². The summed E-state index contributed by atoms with van der Waals surface area (Å²) in [4.78, 5) is 13.8. The molecule has 0 aliphatic carbocycles. The van der Waals surface area contributed by atoms with Gasteiger partial charge in [-0.3, -0.25) is 4.79 Å². The zero-order valence-electron chi connectivity index (χ0n) is 11.6. The molecule has 1 fully saturated rings. The van der Waals surface area contributed by atoms with Crippen molar-refractivity contribution in [1.29, 1.82) is 0 Å². The van der Waals surface area contributed by atoms with Gasteiger partial charge in [-0.2, -0.15) is 0 Å². The molecule has 0 saturated carbocycles. The van der Waals surface area contributed by atoms with Gasteiger partial charge in [-0.05, 0) is 38.3 Å². The maximum atomic E-state index is 12.1. The van der Waals surface area contributed by atoms with E-state index >= 15 is 0 Å². The van der Waals surface area contributed by atoms with Gasteiger partial charge in [0, 0.05) is 19.2 Å². The SMILES string of the molecule is Cc1ccc(/C=C/C(=O)N2CCCC(C)(O)C2)cc1. The van der Waals surface area contributed by atoms with Gasteiger partial charge in [-0.1, -0.05) is 29.8 Å². The molecule has 0 aromatic heterocycles. The van der Waals surface area contributed by atoms with Gasteiger partial charge in [-0.25, -0.2) is 0 Å². The summed E-state index contributed by atoms with van der Waals surface area (Å²) in [5.74, 6) is -0.0273. The van der Waals surface area contributed by atoms with Crippen LogP contribution in [0.15, 0.2) is 30.3 Å². The Hall–Kier alpha value is -1.61. The molecule has 0 radical (unpaired) electrons. The van der Waals surface area contributed by atoms with Crippen molar-refractivity contribution in [3.63, 3.8) is 0 Å². The zero-order valence-corrected chi connectivity index (χ0v) is 11.6. The molecule has 19 heavy (non-hydrogen) atoms. The molecule has 1 saturated heterocycles. The van der Waals surface area contributed by atoms with Crippen LogP contribution in [0, 0.1) is 6.92 Å². The average molecular weight is 259 g/mol. The lowest BCUT2D eigenvalue weighted by atomic mass is 9.95. The summed E-state index contributed by atoms with van der Waals surface area (Å²) in [6.45, 7) is 4.97. The molecule has 1 aliphatic rings. The van der Waals surface area contributed by atoms with Crippen LogP contribution < -0.4 is 0 Å². The fraction of sp³-hybridized carbons (Fsp3) is 0.438. The first-order valence-corrected chi connectivity index (χ1v) is 6.72. The normalized spacial score (nSPS) is 23.8. The quantitative estimate of drug-likeness (QED) is 0.828.